The minimum absolute atomic E-state index is 0.206. The maximum atomic E-state index is 6.18. The van der Waals surface area contributed by atoms with Crippen molar-refractivity contribution >= 4 is 43.2 Å². The first-order valence-corrected chi connectivity index (χ1v) is 7.27. The van der Waals surface area contributed by atoms with Gasteiger partial charge in [-0.1, -0.05) is 19.3 Å². The van der Waals surface area contributed by atoms with Crippen LogP contribution in [0.4, 0.5) is 0 Å². The summed E-state index contributed by atoms with van der Waals surface area (Å²) in [5.41, 5.74) is 7.43. The highest BCUT2D eigenvalue weighted by Gasteiger charge is 2.22. The van der Waals surface area contributed by atoms with Crippen molar-refractivity contribution in [1.82, 2.24) is 0 Å². The Hall–Kier alpha value is 0.620. The van der Waals surface area contributed by atoms with E-state index in [1.165, 1.54) is 28.6 Å². The lowest BCUT2D eigenvalue weighted by atomic mass is 9.80. The smallest absolute Gasteiger partial charge is 0.0758 e. The Bertz CT molecular complexity index is 320. The van der Waals surface area contributed by atoms with E-state index >= 15 is 0 Å². The molecule has 4 heteroatoms. The molecule has 0 bridgehead atoms. The molecule has 0 radical (unpaired) electrons. The van der Waals surface area contributed by atoms with Gasteiger partial charge in [-0.3, -0.25) is 0 Å². The summed E-state index contributed by atoms with van der Waals surface area (Å²) in [6, 6.07) is 2.34. The maximum Gasteiger partial charge on any atom is 0.0758 e. The Morgan fingerprint density at radius 1 is 1.50 bits per heavy atom. The molecule has 1 saturated carbocycles. The second-order valence-corrected chi connectivity index (χ2v) is 7.67. The fraction of sp³-hybridized carbons (Fsp3) is 0.600. The van der Waals surface area contributed by atoms with Crippen molar-refractivity contribution in [1.29, 1.82) is 0 Å². The van der Waals surface area contributed by atoms with Crippen molar-refractivity contribution in [2.75, 3.05) is 0 Å². The number of thiophene rings is 1. The molecule has 0 aliphatic heterocycles. The summed E-state index contributed by atoms with van der Waals surface area (Å²) in [5, 5.41) is 0. The summed E-state index contributed by atoms with van der Waals surface area (Å²) in [4.78, 5) is 0. The van der Waals surface area contributed by atoms with Crippen LogP contribution < -0.4 is 5.73 Å². The molecular formula is C10H13Br2NS. The molecular weight excluding hydrogens is 326 g/mol. The average Bonchev–Trinajstić information content (AvgIpc) is 2.37. The summed E-state index contributed by atoms with van der Waals surface area (Å²) in [5.74, 6) is 0.871. The number of halogens is 2. The third-order valence-corrected chi connectivity index (χ3v) is 5.28. The molecule has 1 unspecified atom stereocenters. The van der Waals surface area contributed by atoms with Gasteiger partial charge in [0.1, 0.15) is 0 Å². The highest BCUT2D eigenvalue weighted by atomic mass is 79.9. The molecule has 78 valence electrons. The zero-order valence-electron chi connectivity index (χ0n) is 7.80. The molecule has 0 aromatic carbocycles. The highest BCUT2D eigenvalue weighted by Crippen LogP contribution is 2.39. The molecule has 1 atom stereocenters. The first-order chi connectivity index (χ1) is 6.66. The van der Waals surface area contributed by atoms with Crippen LogP contribution in [0.2, 0.25) is 0 Å². The van der Waals surface area contributed by atoms with Crippen LogP contribution >= 0.6 is 43.2 Å². The summed E-state index contributed by atoms with van der Waals surface area (Å²) in [7, 11) is 0. The lowest BCUT2D eigenvalue weighted by Gasteiger charge is -2.27. The summed E-state index contributed by atoms with van der Waals surface area (Å²) < 4.78 is 2.33. The van der Waals surface area contributed by atoms with Crippen LogP contribution in [-0.2, 0) is 0 Å². The molecule has 14 heavy (non-hydrogen) atoms. The molecule has 2 rings (SSSR count). The molecule has 0 spiro atoms. The standard InChI is InChI=1S/C10H13Br2NS/c11-9-5-7(10(12)14-9)8(13)4-6-2-1-3-6/h5-6,8H,1-4,13H2. The fourth-order valence-corrected chi connectivity index (χ4v) is 4.82. The number of hydrogen-bond donors (Lipinski definition) is 1. The first-order valence-electron chi connectivity index (χ1n) is 4.87. The molecule has 0 saturated heterocycles. The molecule has 0 amide bonds. The number of nitrogens with two attached hydrogens (primary N) is 1. The van der Waals surface area contributed by atoms with Gasteiger partial charge < -0.3 is 5.73 Å². The van der Waals surface area contributed by atoms with Crippen LogP contribution in [0.15, 0.2) is 13.6 Å². The van der Waals surface area contributed by atoms with E-state index in [9.17, 15) is 0 Å². The largest absolute Gasteiger partial charge is 0.324 e. The van der Waals surface area contributed by atoms with Crippen molar-refractivity contribution in [3.63, 3.8) is 0 Å². The van der Waals surface area contributed by atoms with Crippen LogP contribution in [-0.4, -0.2) is 0 Å². The molecule has 1 heterocycles. The summed E-state index contributed by atoms with van der Waals surface area (Å²) >= 11 is 8.74. The Labute approximate surface area is 105 Å². The van der Waals surface area contributed by atoms with Crippen LogP contribution in [0, 0.1) is 5.92 Å². The van der Waals surface area contributed by atoms with Crippen molar-refractivity contribution in [2.45, 2.75) is 31.7 Å². The van der Waals surface area contributed by atoms with Crippen LogP contribution in [0.5, 0.6) is 0 Å². The van der Waals surface area contributed by atoms with Crippen molar-refractivity contribution in [3.05, 3.63) is 19.2 Å². The van der Waals surface area contributed by atoms with Gasteiger partial charge in [-0.2, -0.15) is 0 Å². The molecule has 1 fully saturated rings. The van der Waals surface area contributed by atoms with E-state index in [2.05, 4.69) is 37.9 Å². The van der Waals surface area contributed by atoms with E-state index in [0.29, 0.717) is 0 Å². The highest BCUT2D eigenvalue weighted by molar-refractivity contribution is 9.12. The minimum Gasteiger partial charge on any atom is -0.324 e. The monoisotopic (exact) mass is 337 g/mol. The molecule has 1 aliphatic rings. The molecule has 1 aromatic rings. The summed E-state index contributed by atoms with van der Waals surface area (Å²) in [6.45, 7) is 0. The normalized spacial score (nSPS) is 19.4. The van der Waals surface area contributed by atoms with Gasteiger partial charge >= 0.3 is 0 Å². The molecule has 2 N–H and O–H groups in total. The van der Waals surface area contributed by atoms with E-state index in [1.54, 1.807) is 11.3 Å². The van der Waals surface area contributed by atoms with Gasteiger partial charge in [0, 0.05) is 6.04 Å². The van der Waals surface area contributed by atoms with E-state index in [-0.39, 0.29) is 6.04 Å². The predicted molar refractivity (Wildman–Crippen MR) is 68.6 cm³/mol. The van der Waals surface area contributed by atoms with Crippen LogP contribution in [0.25, 0.3) is 0 Å². The van der Waals surface area contributed by atoms with Gasteiger partial charge in [-0.05, 0) is 55.8 Å². The first kappa shape index (κ1) is 11.1. The van der Waals surface area contributed by atoms with Crippen LogP contribution in [0.3, 0.4) is 0 Å². The second kappa shape index (κ2) is 4.64. The molecule has 1 aromatic heterocycles. The van der Waals surface area contributed by atoms with Crippen molar-refractivity contribution < 1.29 is 0 Å². The average molecular weight is 339 g/mol. The van der Waals surface area contributed by atoms with Gasteiger partial charge in [0.05, 0.1) is 7.57 Å². The topological polar surface area (TPSA) is 26.0 Å². The van der Waals surface area contributed by atoms with Gasteiger partial charge in [-0.15, -0.1) is 11.3 Å². The molecule has 1 nitrogen and oxygen atoms in total. The third-order valence-electron chi connectivity index (χ3n) is 2.89. The fourth-order valence-electron chi connectivity index (χ4n) is 1.82. The Morgan fingerprint density at radius 2 is 2.21 bits per heavy atom. The lowest BCUT2D eigenvalue weighted by Crippen LogP contribution is -2.19. The van der Waals surface area contributed by atoms with Crippen molar-refractivity contribution in [2.24, 2.45) is 11.7 Å². The minimum atomic E-state index is 0.206. The summed E-state index contributed by atoms with van der Waals surface area (Å²) in [6.07, 6.45) is 5.28. The van der Waals surface area contributed by atoms with Gasteiger partial charge in [0.15, 0.2) is 0 Å². The zero-order chi connectivity index (χ0) is 10.1. The predicted octanol–water partition coefficient (Wildman–Crippen LogP) is 4.46. The van der Waals surface area contributed by atoms with E-state index < -0.39 is 0 Å². The van der Waals surface area contributed by atoms with Crippen LogP contribution in [0.1, 0.15) is 37.3 Å². The SMILES string of the molecule is NC(CC1CCC1)c1cc(Br)sc1Br. The number of hydrogen-bond acceptors (Lipinski definition) is 2. The zero-order valence-corrected chi connectivity index (χ0v) is 11.8. The quantitative estimate of drug-likeness (QED) is 0.864. The van der Waals surface area contributed by atoms with Gasteiger partial charge in [-0.25, -0.2) is 0 Å². The van der Waals surface area contributed by atoms with Gasteiger partial charge in [0.25, 0.3) is 0 Å². The van der Waals surface area contributed by atoms with Gasteiger partial charge in [0.2, 0.25) is 0 Å². The molecule has 1 aliphatic carbocycles. The van der Waals surface area contributed by atoms with E-state index in [0.717, 1.165) is 16.1 Å². The van der Waals surface area contributed by atoms with E-state index in [1.807, 2.05) is 0 Å². The number of rotatable bonds is 3. The van der Waals surface area contributed by atoms with Crippen molar-refractivity contribution in [3.8, 4) is 0 Å². The second-order valence-electron chi connectivity index (χ2n) is 3.92. The Balaban J connectivity index is 2.02. The maximum absolute atomic E-state index is 6.18. The lowest BCUT2D eigenvalue weighted by molar-refractivity contribution is 0.277. The van der Waals surface area contributed by atoms with E-state index in [4.69, 9.17) is 5.73 Å². The Morgan fingerprint density at radius 3 is 2.64 bits per heavy atom. The Kier molecular flexibility index (Phi) is 3.68. The third kappa shape index (κ3) is 2.40.